The molecule has 1 aromatic rings. The summed E-state index contributed by atoms with van der Waals surface area (Å²) in [5, 5.41) is 18.1. The van der Waals surface area contributed by atoms with Gasteiger partial charge in [0, 0.05) is 0 Å². The van der Waals surface area contributed by atoms with Crippen molar-refractivity contribution in [1.82, 2.24) is 0 Å². The molecular formula is C7H7ClO3. The third-order valence-corrected chi connectivity index (χ3v) is 1.63. The average molecular weight is 175 g/mol. The number of phenols is 2. The van der Waals surface area contributed by atoms with E-state index in [9.17, 15) is 0 Å². The number of halogens is 1. The molecule has 0 aliphatic heterocycles. The van der Waals surface area contributed by atoms with Gasteiger partial charge in [0.1, 0.15) is 10.8 Å². The molecule has 0 aliphatic rings. The molecule has 2 N–H and O–H groups in total. The Morgan fingerprint density at radius 3 is 2.27 bits per heavy atom. The van der Waals surface area contributed by atoms with Crippen LogP contribution in [-0.4, -0.2) is 17.3 Å². The van der Waals surface area contributed by atoms with E-state index in [1.165, 1.54) is 19.2 Å². The smallest absolute Gasteiger partial charge is 0.182 e. The molecule has 60 valence electrons. The van der Waals surface area contributed by atoms with Crippen molar-refractivity contribution in [3.05, 3.63) is 17.2 Å². The van der Waals surface area contributed by atoms with Crippen molar-refractivity contribution >= 4 is 11.6 Å². The van der Waals surface area contributed by atoms with E-state index in [-0.39, 0.29) is 22.3 Å². The topological polar surface area (TPSA) is 49.7 Å². The van der Waals surface area contributed by atoms with Crippen molar-refractivity contribution in [2.24, 2.45) is 0 Å². The zero-order valence-electron chi connectivity index (χ0n) is 5.84. The molecule has 0 saturated carbocycles. The standard InChI is InChI=1S/C7H7ClO3/c1-11-7-5(10)3-2-4(9)6(7)8/h2-3,9-10H,1H3. The van der Waals surface area contributed by atoms with Crippen molar-refractivity contribution in [2.45, 2.75) is 0 Å². The van der Waals surface area contributed by atoms with Gasteiger partial charge < -0.3 is 14.9 Å². The van der Waals surface area contributed by atoms with Crippen molar-refractivity contribution in [3.8, 4) is 17.2 Å². The summed E-state index contributed by atoms with van der Waals surface area (Å²) in [4.78, 5) is 0. The minimum absolute atomic E-state index is 0.0208. The lowest BCUT2D eigenvalue weighted by atomic mass is 10.3. The molecule has 0 heterocycles. The maximum absolute atomic E-state index is 9.10. The van der Waals surface area contributed by atoms with Crippen LogP contribution in [0.5, 0.6) is 17.2 Å². The number of rotatable bonds is 1. The highest BCUT2D eigenvalue weighted by Crippen LogP contribution is 2.39. The highest BCUT2D eigenvalue weighted by atomic mass is 35.5. The second-order valence-corrected chi connectivity index (χ2v) is 2.33. The van der Waals surface area contributed by atoms with Gasteiger partial charge in [0.05, 0.1) is 7.11 Å². The van der Waals surface area contributed by atoms with Gasteiger partial charge in [0.25, 0.3) is 0 Å². The maximum atomic E-state index is 9.10. The molecule has 0 amide bonds. The maximum Gasteiger partial charge on any atom is 0.182 e. The fraction of sp³-hybridized carbons (Fsp3) is 0.143. The summed E-state index contributed by atoms with van der Waals surface area (Å²) >= 11 is 5.56. The van der Waals surface area contributed by atoms with Crippen LogP contribution < -0.4 is 4.74 Å². The van der Waals surface area contributed by atoms with Crippen LogP contribution in [0.1, 0.15) is 0 Å². The molecule has 0 aromatic heterocycles. The predicted molar refractivity (Wildman–Crippen MR) is 41.3 cm³/mol. The van der Waals surface area contributed by atoms with Crippen molar-refractivity contribution in [1.29, 1.82) is 0 Å². The van der Waals surface area contributed by atoms with Crippen LogP contribution in [0.15, 0.2) is 12.1 Å². The van der Waals surface area contributed by atoms with Crippen LogP contribution in [0.3, 0.4) is 0 Å². The monoisotopic (exact) mass is 174 g/mol. The quantitative estimate of drug-likeness (QED) is 0.638. The molecular weight excluding hydrogens is 168 g/mol. The Bertz CT molecular complexity index is 273. The predicted octanol–water partition coefficient (Wildman–Crippen LogP) is 1.76. The summed E-state index contributed by atoms with van der Waals surface area (Å²) in [7, 11) is 1.36. The lowest BCUT2D eigenvalue weighted by Crippen LogP contribution is -1.84. The molecule has 0 unspecified atom stereocenters. The third kappa shape index (κ3) is 1.33. The molecule has 1 aromatic carbocycles. The minimum Gasteiger partial charge on any atom is -0.506 e. The highest BCUT2D eigenvalue weighted by molar-refractivity contribution is 6.33. The van der Waals surface area contributed by atoms with Crippen LogP contribution in [-0.2, 0) is 0 Å². The Labute approximate surface area is 68.8 Å². The van der Waals surface area contributed by atoms with Gasteiger partial charge in [-0.1, -0.05) is 11.6 Å². The third-order valence-electron chi connectivity index (χ3n) is 1.26. The van der Waals surface area contributed by atoms with E-state index >= 15 is 0 Å². The number of hydrogen-bond acceptors (Lipinski definition) is 3. The van der Waals surface area contributed by atoms with Gasteiger partial charge >= 0.3 is 0 Å². The van der Waals surface area contributed by atoms with Crippen LogP contribution in [0.2, 0.25) is 5.02 Å². The average Bonchev–Trinajstić information content (AvgIpc) is 1.99. The van der Waals surface area contributed by atoms with Gasteiger partial charge in [-0.2, -0.15) is 0 Å². The summed E-state index contributed by atoms with van der Waals surface area (Å²) in [5.74, 6) is -0.108. The molecule has 3 nitrogen and oxygen atoms in total. The molecule has 0 radical (unpaired) electrons. The number of hydrogen-bond donors (Lipinski definition) is 2. The summed E-state index contributed by atoms with van der Waals surface area (Å²) < 4.78 is 4.71. The van der Waals surface area contributed by atoms with E-state index in [0.29, 0.717) is 0 Å². The summed E-state index contributed by atoms with van der Waals surface area (Å²) in [5.41, 5.74) is 0. The second kappa shape index (κ2) is 2.88. The normalized spacial score (nSPS) is 9.64. The molecule has 0 spiro atoms. The Morgan fingerprint density at radius 2 is 1.82 bits per heavy atom. The minimum atomic E-state index is -0.110. The first-order valence-corrected chi connectivity index (χ1v) is 3.29. The van der Waals surface area contributed by atoms with E-state index in [1.54, 1.807) is 0 Å². The van der Waals surface area contributed by atoms with Gasteiger partial charge in [-0.05, 0) is 12.1 Å². The number of benzene rings is 1. The lowest BCUT2D eigenvalue weighted by molar-refractivity contribution is 0.369. The van der Waals surface area contributed by atoms with E-state index < -0.39 is 0 Å². The second-order valence-electron chi connectivity index (χ2n) is 1.95. The fourth-order valence-corrected chi connectivity index (χ4v) is 0.967. The fourth-order valence-electron chi connectivity index (χ4n) is 0.730. The molecule has 11 heavy (non-hydrogen) atoms. The van der Waals surface area contributed by atoms with E-state index in [1.807, 2.05) is 0 Å². The zero-order chi connectivity index (χ0) is 8.43. The first-order valence-electron chi connectivity index (χ1n) is 2.91. The first-order chi connectivity index (χ1) is 5.16. The molecule has 0 bridgehead atoms. The van der Waals surface area contributed by atoms with Crippen molar-refractivity contribution in [2.75, 3.05) is 7.11 Å². The largest absolute Gasteiger partial charge is 0.506 e. The molecule has 4 heteroatoms. The molecule has 0 atom stereocenters. The van der Waals surface area contributed by atoms with Crippen LogP contribution in [0.4, 0.5) is 0 Å². The van der Waals surface area contributed by atoms with Crippen LogP contribution >= 0.6 is 11.6 Å². The Balaban J connectivity index is 3.29. The lowest BCUT2D eigenvalue weighted by Gasteiger charge is -2.05. The van der Waals surface area contributed by atoms with Gasteiger partial charge in [-0.3, -0.25) is 0 Å². The molecule has 0 aliphatic carbocycles. The summed E-state index contributed by atoms with van der Waals surface area (Å²) in [6.07, 6.45) is 0. The summed E-state index contributed by atoms with van der Waals surface area (Å²) in [6, 6.07) is 2.60. The van der Waals surface area contributed by atoms with Gasteiger partial charge in [-0.25, -0.2) is 0 Å². The molecule has 0 saturated heterocycles. The molecule has 1 rings (SSSR count). The van der Waals surface area contributed by atoms with Crippen molar-refractivity contribution < 1.29 is 14.9 Å². The van der Waals surface area contributed by atoms with Crippen LogP contribution in [0.25, 0.3) is 0 Å². The van der Waals surface area contributed by atoms with E-state index in [0.717, 1.165) is 0 Å². The highest BCUT2D eigenvalue weighted by Gasteiger charge is 2.09. The SMILES string of the molecule is COc1c(O)ccc(O)c1Cl. The summed E-state index contributed by atoms with van der Waals surface area (Å²) in [6.45, 7) is 0. The molecule has 0 fully saturated rings. The van der Waals surface area contributed by atoms with E-state index in [4.69, 9.17) is 26.6 Å². The Morgan fingerprint density at radius 1 is 1.27 bits per heavy atom. The number of methoxy groups -OCH3 is 1. The zero-order valence-corrected chi connectivity index (χ0v) is 6.59. The Kier molecular flexibility index (Phi) is 2.10. The van der Waals surface area contributed by atoms with Crippen LogP contribution in [0, 0.1) is 0 Å². The van der Waals surface area contributed by atoms with Gasteiger partial charge in [0.15, 0.2) is 11.5 Å². The first kappa shape index (κ1) is 8.01. The van der Waals surface area contributed by atoms with Crippen molar-refractivity contribution in [3.63, 3.8) is 0 Å². The number of phenolic OH excluding ortho intramolecular Hbond substituents is 2. The van der Waals surface area contributed by atoms with E-state index in [2.05, 4.69) is 0 Å². The van der Waals surface area contributed by atoms with Gasteiger partial charge in [0.2, 0.25) is 0 Å². The van der Waals surface area contributed by atoms with Gasteiger partial charge in [-0.15, -0.1) is 0 Å². The Hall–Kier alpha value is -1.09. The number of aromatic hydroxyl groups is 2. The number of ether oxygens (including phenoxy) is 1.